The van der Waals surface area contributed by atoms with E-state index in [0.717, 1.165) is 26.2 Å². The fourth-order valence-corrected chi connectivity index (χ4v) is 1.92. The molecule has 0 aromatic rings. The molecule has 0 spiro atoms. The molecular formula is C10H23N3O. The smallest absolute Gasteiger partial charge is 0.0630 e. The molecule has 0 aliphatic carbocycles. The summed E-state index contributed by atoms with van der Waals surface area (Å²) in [6, 6.07) is 1.01. The fraction of sp³-hybridized carbons (Fsp3) is 1.00. The third-order valence-corrected chi connectivity index (χ3v) is 3.14. The molecule has 14 heavy (non-hydrogen) atoms. The quantitative estimate of drug-likeness (QED) is 0.672. The van der Waals surface area contributed by atoms with Gasteiger partial charge in [0.2, 0.25) is 0 Å². The topological polar surface area (TPSA) is 41.7 Å². The van der Waals surface area contributed by atoms with Crippen LogP contribution in [0.5, 0.6) is 0 Å². The van der Waals surface area contributed by atoms with E-state index in [9.17, 15) is 0 Å². The molecule has 1 fully saturated rings. The van der Waals surface area contributed by atoms with Gasteiger partial charge in [-0.25, -0.2) is 0 Å². The minimum Gasteiger partial charge on any atom is -0.383 e. The molecule has 84 valence electrons. The summed E-state index contributed by atoms with van der Waals surface area (Å²) in [7, 11) is 3.91. The van der Waals surface area contributed by atoms with Crippen LogP contribution in [0.1, 0.15) is 6.92 Å². The van der Waals surface area contributed by atoms with E-state index in [1.54, 1.807) is 7.11 Å². The molecule has 2 N–H and O–H groups in total. The molecule has 0 aromatic carbocycles. The first-order valence-electron chi connectivity index (χ1n) is 5.32. The Hall–Kier alpha value is -0.160. The minimum atomic E-state index is 0.385. The van der Waals surface area contributed by atoms with E-state index >= 15 is 0 Å². The van der Waals surface area contributed by atoms with Crippen LogP contribution in [0.4, 0.5) is 0 Å². The van der Waals surface area contributed by atoms with Crippen LogP contribution >= 0.6 is 0 Å². The zero-order valence-corrected chi connectivity index (χ0v) is 9.57. The summed E-state index contributed by atoms with van der Waals surface area (Å²) < 4.78 is 5.17. The number of piperazine rings is 1. The zero-order valence-electron chi connectivity index (χ0n) is 9.57. The average molecular weight is 201 g/mol. The Labute approximate surface area is 87.0 Å². The van der Waals surface area contributed by atoms with E-state index in [1.165, 1.54) is 0 Å². The van der Waals surface area contributed by atoms with E-state index in [2.05, 4.69) is 23.8 Å². The van der Waals surface area contributed by atoms with Crippen molar-refractivity contribution < 1.29 is 4.74 Å². The van der Waals surface area contributed by atoms with Gasteiger partial charge in [0.1, 0.15) is 0 Å². The first-order chi connectivity index (χ1) is 6.69. The van der Waals surface area contributed by atoms with Crippen molar-refractivity contribution in [2.45, 2.75) is 19.0 Å². The van der Waals surface area contributed by atoms with Gasteiger partial charge in [-0.1, -0.05) is 0 Å². The second-order valence-electron chi connectivity index (χ2n) is 4.17. The highest BCUT2D eigenvalue weighted by atomic mass is 16.5. The molecule has 4 nitrogen and oxygen atoms in total. The number of hydrogen-bond donors (Lipinski definition) is 1. The average Bonchev–Trinajstić information content (AvgIpc) is 2.19. The largest absolute Gasteiger partial charge is 0.383 e. The lowest BCUT2D eigenvalue weighted by atomic mass is 10.1. The number of hydrogen-bond acceptors (Lipinski definition) is 4. The number of nitrogens with two attached hydrogens (primary N) is 1. The lowest BCUT2D eigenvalue weighted by Gasteiger charge is -2.41. The Morgan fingerprint density at radius 1 is 1.50 bits per heavy atom. The summed E-state index contributed by atoms with van der Waals surface area (Å²) in [5, 5.41) is 0. The van der Waals surface area contributed by atoms with Crippen molar-refractivity contribution in [3.8, 4) is 0 Å². The van der Waals surface area contributed by atoms with Crippen molar-refractivity contribution in [2.24, 2.45) is 5.73 Å². The second-order valence-corrected chi connectivity index (χ2v) is 4.17. The summed E-state index contributed by atoms with van der Waals surface area (Å²) in [5.41, 5.74) is 5.73. The summed E-state index contributed by atoms with van der Waals surface area (Å²) in [6.45, 7) is 7.01. The molecule has 1 heterocycles. The van der Waals surface area contributed by atoms with Crippen LogP contribution in [-0.2, 0) is 4.74 Å². The first-order valence-corrected chi connectivity index (χ1v) is 5.32. The van der Waals surface area contributed by atoms with Gasteiger partial charge in [-0.3, -0.25) is 4.90 Å². The number of likely N-dealkylation sites (N-methyl/N-ethyl adjacent to an activating group) is 1. The van der Waals surface area contributed by atoms with Gasteiger partial charge in [0, 0.05) is 45.4 Å². The standard InChI is InChI=1S/C10H23N3O/c1-9-7-13(5-4-12(9)2)10(6-11)8-14-3/h9-10H,4-8,11H2,1-3H3. The highest BCUT2D eigenvalue weighted by Gasteiger charge is 2.25. The van der Waals surface area contributed by atoms with E-state index in [1.807, 2.05) is 0 Å². The van der Waals surface area contributed by atoms with Crippen LogP contribution in [0, 0.1) is 0 Å². The molecule has 0 aromatic heterocycles. The Bertz CT molecular complexity index is 165. The first kappa shape index (κ1) is 11.9. The SMILES string of the molecule is COCC(CN)N1CCN(C)C(C)C1. The van der Waals surface area contributed by atoms with Crippen molar-refractivity contribution in [3.63, 3.8) is 0 Å². The van der Waals surface area contributed by atoms with Crippen LogP contribution in [-0.4, -0.2) is 68.8 Å². The Balaban J connectivity index is 2.43. The highest BCUT2D eigenvalue weighted by molar-refractivity contribution is 4.82. The lowest BCUT2D eigenvalue weighted by molar-refractivity contribution is 0.0377. The predicted molar refractivity (Wildman–Crippen MR) is 58.4 cm³/mol. The fourth-order valence-electron chi connectivity index (χ4n) is 1.92. The van der Waals surface area contributed by atoms with E-state index in [4.69, 9.17) is 10.5 Å². The van der Waals surface area contributed by atoms with Gasteiger partial charge in [-0.05, 0) is 14.0 Å². The Morgan fingerprint density at radius 3 is 2.71 bits per heavy atom. The molecule has 1 saturated heterocycles. The molecule has 0 radical (unpaired) electrons. The Morgan fingerprint density at radius 2 is 2.21 bits per heavy atom. The van der Waals surface area contributed by atoms with Crippen molar-refractivity contribution >= 4 is 0 Å². The molecule has 2 atom stereocenters. The van der Waals surface area contributed by atoms with Crippen LogP contribution in [0.25, 0.3) is 0 Å². The molecule has 0 saturated carbocycles. The van der Waals surface area contributed by atoms with Gasteiger partial charge in [0.15, 0.2) is 0 Å². The van der Waals surface area contributed by atoms with E-state index < -0.39 is 0 Å². The van der Waals surface area contributed by atoms with E-state index in [-0.39, 0.29) is 0 Å². The van der Waals surface area contributed by atoms with Gasteiger partial charge in [-0.2, -0.15) is 0 Å². The van der Waals surface area contributed by atoms with Crippen LogP contribution in [0.15, 0.2) is 0 Å². The molecular weight excluding hydrogens is 178 g/mol. The lowest BCUT2D eigenvalue weighted by Crippen LogP contribution is -2.56. The van der Waals surface area contributed by atoms with Crippen molar-refractivity contribution in [2.75, 3.05) is 46.9 Å². The molecule has 1 aliphatic rings. The number of methoxy groups -OCH3 is 1. The maximum atomic E-state index is 5.73. The maximum Gasteiger partial charge on any atom is 0.0630 e. The summed E-state index contributed by atoms with van der Waals surface area (Å²) >= 11 is 0. The van der Waals surface area contributed by atoms with Gasteiger partial charge in [0.05, 0.1) is 6.61 Å². The second kappa shape index (κ2) is 5.66. The predicted octanol–water partition coefficient (Wildman–Crippen LogP) is -0.404. The van der Waals surface area contributed by atoms with Crippen LogP contribution < -0.4 is 5.73 Å². The maximum absolute atomic E-state index is 5.73. The van der Waals surface area contributed by atoms with Crippen molar-refractivity contribution in [3.05, 3.63) is 0 Å². The van der Waals surface area contributed by atoms with Crippen LogP contribution in [0.2, 0.25) is 0 Å². The van der Waals surface area contributed by atoms with Crippen LogP contribution in [0.3, 0.4) is 0 Å². The molecule has 0 amide bonds. The third-order valence-electron chi connectivity index (χ3n) is 3.14. The molecule has 4 heteroatoms. The molecule has 1 rings (SSSR count). The van der Waals surface area contributed by atoms with Gasteiger partial charge in [-0.15, -0.1) is 0 Å². The number of nitrogens with zero attached hydrogens (tertiary/aromatic N) is 2. The molecule has 0 bridgehead atoms. The van der Waals surface area contributed by atoms with Crippen molar-refractivity contribution in [1.29, 1.82) is 0 Å². The van der Waals surface area contributed by atoms with Gasteiger partial charge in [0.25, 0.3) is 0 Å². The highest BCUT2D eigenvalue weighted by Crippen LogP contribution is 2.10. The Kier molecular flexibility index (Phi) is 4.81. The van der Waals surface area contributed by atoms with Gasteiger partial charge >= 0.3 is 0 Å². The summed E-state index contributed by atoms with van der Waals surface area (Å²) in [6.07, 6.45) is 0. The summed E-state index contributed by atoms with van der Waals surface area (Å²) in [4.78, 5) is 4.82. The number of rotatable bonds is 4. The third kappa shape index (κ3) is 2.92. The molecule has 1 aliphatic heterocycles. The minimum absolute atomic E-state index is 0.385. The van der Waals surface area contributed by atoms with Crippen molar-refractivity contribution in [1.82, 2.24) is 9.80 Å². The van der Waals surface area contributed by atoms with Gasteiger partial charge < -0.3 is 15.4 Å². The van der Waals surface area contributed by atoms with E-state index in [0.29, 0.717) is 18.6 Å². The molecule has 2 unspecified atom stereocenters. The number of ether oxygens (including phenoxy) is 1. The summed E-state index contributed by atoms with van der Waals surface area (Å²) in [5.74, 6) is 0. The zero-order chi connectivity index (χ0) is 10.6. The normalized spacial score (nSPS) is 27.9. The monoisotopic (exact) mass is 201 g/mol.